The zero-order valence-corrected chi connectivity index (χ0v) is 8.94. The fraction of sp³-hybridized carbons (Fsp3) is 0.143. The zero-order chi connectivity index (χ0) is 9.11. The van der Waals surface area contributed by atoms with E-state index in [2.05, 4.69) is 0 Å². The molecule has 62 valence electrons. The Labute approximate surface area is 101 Å². The molecule has 0 aliphatic carbocycles. The molecule has 0 saturated heterocycles. The van der Waals surface area contributed by atoms with E-state index in [1.807, 2.05) is 0 Å². The van der Waals surface area contributed by atoms with E-state index in [1.54, 1.807) is 19.1 Å². The fourth-order valence-corrected chi connectivity index (χ4v) is 0.245. The van der Waals surface area contributed by atoms with Gasteiger partial charge in [0.1, 0.15) is 0 Å². The number of hydrogen-bond acceptors (Lipinski definition) is 4. The third-order valence-electron chi connectivity index (χ3n) is 0.536. The van der Waals surface area contributed by atoms with E-state index in [9.17, 15) is 9.90 Å². The van der Waals surface area contributed by atoms with E-state index in [4.69, 9.17) is 9.90 Å². The van der Waals surface area contributed by atoms with Gasteiger partial charge in [-0.15, -0.1) is 0 Å². The van der Waals surface area contributed by atoms with E-state index in [1.165, 1.54) is 6.08 Å². The van der Waals surface area contributed by atoms with Crippen molar-refractivity contribution in [2.75, 3.05) is 0 Å². The molecule has 0 aromatic heterocycles. The molecule has 0 amide bonds. The van der Waals surface area contributed by atoms with Gasteiger partial charge in [-0.25, -0.2) is 0 Å². The van der Waals surface area contributed by atoms with Crippen molar-refractivity contribution in [2.45, 2.75) is 6.92 Å². The average molecular weight is 196 g/mol. The van der Waals surface area contributed by atoms with Gasteiger partial charge in [0.25, 0.3) is 0 Å². The Kier molecular flexibility index (Phi) is 25.0. The van der Waals surface area contributed by atoms with Gasteiger partial charge in [-0.3, -0.25) is 0 Å². The second kappa shape index (κ2) is 17.0. The van der Waals surface area contributed by atoms with Crippen LogP contribution in [-0.4, -0.2) is 50.2 Å². The summed E-state index contributed by atoms with van der Waals surface area (Å²) in [6.45, 7) is 1.31. The molecule has 4 nitrogen and oxygen atoms in total. The first-order chi connectivity index (χ1) is 5.18. The zero-order valence-electron chi connectivity index (χ0n) is 6.73. The first-order valence-corrected chi connectivity index (χ1v) is 2.75. The normalized spacial score (nSPS) is 8.42. The van der Waals surface area contributed by atoms with Crippen molar-refractivity contribution >= 4 is 50.2 Å². The van der Waals surface area contributed by atoms with Gasteiger partial charge >= 0.3 is 37.7 Å². The molecule has 5 heteroatoms. The molecule has 0 fully saturated rings. The van der Waals surface area contributed by atoms with Crippen LogP contribution in [0.5, 0.6) is 0 Å². The number of allylic oxidation sites excluding steroid dienone is 3. The third-order valence-corrected chi connectivity index (χ3v) is 0.536. The van der Waals surface area contributed by atoms with Crippen LogP contribution in [0.25, 0.3) is 0 Å². The molecule has 0 heterocycles. The minimum absolute atomic E-state index is 0. The van der Waals surface area contributed by atoms with Crippen LogP contribution >= 0.6 is 0 Å². The predicted octanol–water partition coefficient (Wildman–Crippen LogP) is -2.15. The fourth-order valence-electron chi connectivity index (χ4n) is 0.245. The van der Waals surface area contributed by atoms with Crippen LogP contribution in [0.4, 0.5) is 0 Å². The monoisotopic (exact) mass is 196 g/mol. The minimum Gasteiger partial charge on any atom is -0.554 e. The smallest absolute Gasteiger partial charge is 0.554 e. The number of carboxylic acids is 1. The van der Waals surface area contributed by atoms with E-state index in [-0.39, 0.29) is 37.7 Å². The van der Waals surface area contributed by atoms with Gasteiger partial charge in [0.05, 0.1) is 5.97 Å². The molecule has 0 aliphatic heterocycles. The summed E-state index contributed by atoms with van der Waals surface area (Å²) in [4.78, 5) is 17.9. The summed E-state index contributed by atoms with van der Waals surface area (Å²) in [5, 5.41) is 17.9. The van der Waals surface area contributed by atoms with Crippen LogP contribution in [0, 0.1) is 0 Å². The van der Waals surface area contributed by atoms with E-state index in [0.29, 0.717) is 0 Å². The summed E-state index contributed by atoms with van der Waals surface area (Å²) in [5.74, 6) is -1.16. The molecule has 0 bridgehead atoms. The summed E-state index contributed by atoms with van der Waals surface area (Å²) < 4.78 is 0. The van der Waals surface area contributed by atoms with Crippen molar-refractivity contribution in [3.8, 4) is 0 Å². The van der Waals surface area contributed by atoms with Gasteiger partial charge in [-0.1, -0.05) is 18.2 Å². The number of carbonyl (C=O) groups is 2. The van der Waals surface area contributed by atoms with Crippen molar-refractivity contribution in [3.05, 3.63) is 24.3 Å². The van der Waals surface area contributed by atoms with Gasteiger partial charge in [-0.2, -0.15) is 0 Å². The van der Waals surface area contributed by atoms with Gasteiger partial charge in [0.2, 0.25) is 0 Å². The van der Waals surface area contributed by atoms with Crippen LogP contribution in [0.1, 0.15) is 6.92 Å². The molecule has 0 spiro atoms. The maximum Gasteiger partial charge on any atom is 2.00 e. The first kappa shape index (κ1) is 17.7. The molecule has 0 saturated carbocycles. The minimum atomic E-state index is -1.16. The average Bonchev–Trinajstić information content (AvgIpc) is 1.89. The number of carboxylic acid groups (broad SMARTS) is 2. The molecule has 0 N–H and O–H groups in total. The quantitative estimate of drug-likeness (QED) is 0.218. The van der Waals surface area contributed by atoms with Crippen LogP contribution in [0.15, 0.2) is 24.3 Å². The Morgan fingerprint density at radius 2 is 1.75 bits per heavy atom. The summed E-state index contributed by atoms with van der Waals surface area (Å²) in [7, 11) is 0. The largest absolute Gasteiger partial charge is 2.00 e. The SMILES string of the molecule is CC=CC=CC(=O)[O-].O=C[O-].[Ca+2]. The summed E-state index contributed by atoms with van der Waals surface area (Å²) >= 11 is 0. The number of hydrogen-bond donors (Lipinski definition) is 0. The Morgan fingerprint density at radius 1 is 1.33 bits per heavy atom. The Hall–Kier alpha value is -0.320. The number of carbonyl (C=O) groups excluding carboxylic acids is 2. The van der Waals surface area contributed by atoms with Crippen molar-refractivity contribution in [2.24, 2.45) is 0 Å². The van der Waals surface area contributed by atoms with Crippen LogP contribution in [0.2, 0.25) is 0 Å². The Morgan fingerprint density at radius 3 is 2.00 bits per heavy atom. The molecule has 0 unspecified atom stereocenters. The molecule has 0 radical (unpaired) electrons. The molecule has 12 heavy (non-hydrogen) atoms. The third kappa shape index (κ3) is 33.3. The molecule has 0 aromatic carbocycles. The maximum absolute atomic E-state index is 9.64. The molecular formula is C7H8CaO4. The predicted molar refractivity (Wildman–Crippen MR) is 40.8 cm³/mol. The summed E-state index contributed by atoms with van der Waals surface area (Å²) in [6.07, 6.45) is 5.74. The van der Waals surface area contributed by atoms with Gasteiger partial charge < -0.3 is 19.8 Å². The van der Waals surface area contributed by atoms with Crippen LogP contribution in [-0.2, 0) is 9.59 Å². The second-order valence-electron chi connectivity index (χ2n) is 1.30. The molecule has 0 aliphatic rings. The molecule has 0 aromatic rings. The maximum atomic E-state index is 9.64. The molecule has 0 atom stereocenters. The number of rotatable bonds is 2. The summed E-state index contributed by atoms with van der Waals surface area (Å²) in [6, 6.07) is 0. The van der Waals surface area contributed by atoms with E-state index in [0.717, 1.165) is 6.08 Å². The summed E-state index contributed by atoms with van der Waals surface area (Å²) in [5.41, 5.74) is 0. The Balaban J connectivity index is -0.000000177. The van der Waals surface area contributed by atoms with Crippen molar-refractivity contribution < 1.29 is 19.8 Å². The van der Waals surface area contributed by atoms with Gasteiger partial charge in [0, 0.05) is 6.47 Å². The van der Waals surface area contributed by atoms with Crippen LogP contribution < -0.4 is 10.2 Å². The molecular weight excluding hydrogens is 188 g/mol. The van der Waals surface area contributed by atoms with Gasteiger partial charge in [-0.05, 0) is 13.0 Å². The standard InChI is InChI=1S/C6H8O2.CH2O2.Ca/c1-2-3-4-5-6(7)8;2-1-3;/h2-5H,1H3,(H,7,8);1H,(H,2,3);/q;;+2/p-2. The van der Waals surface area contributed by atoms with Gasteiger partial charge in [0.15, 0.2) is 0 Å². The number of aliphatic carboxylic acids is 1. The molecule has 0 rings (SSSR count). The topological polar surface area (TPSA) is 80.3 Å². The Bertz CT molecular complexity index is 163. The first-order valence-electron chi connectivity index (χ1n) is 2.75. The van der Waals surface area contributed by atoms with Crippen molar-refractivity contribution in [1.29, 1.82) is 0 Å². The van der Waals surface area contributed by atoms with E-state index < -0.39 is 12.4 Å². The second-order valence-corrected chi connectivity index (χ2v) is 1.30. The van der Waals surface area contributed by atoms with Crippen molar-refractivity contribution in [1.82, 2.24) is 0 Å². The van der Waals surface area contributed by atoms with Crippen LogP contribution in [0.3, 0.4) is 0 Å². The van der Waals surface area contributed by atoms with E-state index >= 15 is 0 Å². The van der Waals surface area contributed by atoms with Crippen molar-refractivity contribution in [3.63, 3.8) is 0 Å².